The number of nitrogens with two attached hydrogens (primary N) is 1. The predicted octanol–water partition coefficient (Wildman–Crippen LogP) is 2.97. The molecule has 2 aromatic rings. The van der Waals surface area contributed by atoms with Gasteiger partial charge in [-0.3, -0.25) is 0 Å². The number of imidazole rings is 1. The Balaban J connectivity index is 2.52. The molecule has 0 fully saturated rings. The standard InChI is InChI=1S/C13H19N3/c1-4-9(2)8-16-11-7-5-6-10(3)12(11)15-13(16)14/h5-7,9H,4,8H2,1-3H3,(H2,14,15). The fourth-order valence-electron chi connectivity index (χ4n) is 1.94. The van der Waals surface area contributed by atoms with Crippen LogP contribution < -0.4 is 5.73 Å². The predicted molar refractivity (Wildman–Crippen MR) is 68.3 cm³/mol. The van der Waals surface area contributed by atoms with E-state index in [2.05, 4.69) is 48.5 Å². The molecule has 0 amide bonds. The molecule has 0 radical (unpaired) electrons. The molecule has 1 aromatic heterocycles. The molecule has 0 saturated heterocycles. The summed E-state index contributed by atoms with van der Waals surface area (Å²) < 4.78 is 2.12. The van der Waals surface area contributed by atoms with Crippen molar-refractivity contribution < 1.29 is 0 Å². The first kappa shape index (κ1) is 11.0. The van der Waals surface area contributed by atoms with Gasteiger partial charge in [0.05, 0.1) is 11.0 Å². The van der Waals surface area contributed by atoms with Gasteiger partial charge in [0.1, 0.15) is 0 Å². The van der Waals surface area contributed by atoms with Gasteiger partial charge < -0.3 is 10.3 Å². The summed E-state index contributed by atoms with van der Waals surface area (Å²) in [6.07, 6.45) is 1.16. The number of aromatic nitrogens is 2. The molecular weight excluding hydrogens is 198 g/mol. The lowest BCUT2D eigenvalue weighted by atomic mass is 10.1. The van der Waals surface area contributed by atoms with Crippen LogP contribution in [0.3, 0.4) is 0 Å². The Bertz CT molecular complexity index is 499. The van der Waals surface area contributed by atoms with Gasteiger partial charge in [0.25, 0.3) is 0 Å². The van der Waals surface area contributed by atoms with E-state index in [1.807, 2.05) is 0 Å². The van der Waals surface area contributed by atoms with E-state index < -0.39 is 0 Å². The normalized spacial score (nSPS) is 13.2. The first-order valence-corrected chi connectivity index (χ1v) is 5.84. The zero-order valence-electron chi connectivity index (χ0n) is 10.2. The first-order chi connectivity index (χ1) is 7.63. The van der Waals surface area contributed by atoms with E-state index in [4.69, 9.17) is 5.73 Å². The van der Waals surface area contributed by atoms with Crippen LogP contribution in [-0.2, 0) is 6.54 Å². The second kappa shape index (κ2) is 4.16. The van der Waals surface area contributed by atoms with Gasteiger partial charge in [-0.05, 0) is 24.5 Å². The lowest BCUT2D eigenvalue weighted by Gasteiger charge is -2.11. The minimum Gasteiger partial charge on any atom is -0.369 e. The van der Waals surface area contributed by atoms with Gasteiger partial charge in [-0.15, -0.1) is 0 Å². The van der Waals surface area contributed by atoms with Crippen molar-refractivity contribution in [1.29, 1.82) is 0 Å². The fourth-order valence-corrected chi connectivity index (χ4v) is 1.94. The second-order valence-corrected chi connectivity index (χ2v) is 4.54. The highest BCUT2D eigenvalue weighted by Gasteiger charge is 2.11. The molecule has 3 nitrogen and oxygen atoms in total. The summed E-state index contributed by atoms with van der Waals surface area (Å²) in [4.78, 5) is 4.44. The third kappa shape index (κ3) is 1.77. The number of aryl methyl sites for hydroxylation is 1. The lowest BCUT2D eigenvalue weighted by molar-refractivity contribution is 0.479. The molecular formula is C13H19N3. The number of hydrogen-bond donors (Lipinski definition) is 1. The maximum absolute atomic E-state index is 5.98. The Labute approximate surface area is 96.3 Å². The van der Waals surface area contributed by atoms with Gasteiger partial charge in [-0.1, -0.05) is 32.4 Å². The molecule has 0 saturated carbocycles. The Morgan fingerprint density at radius 2 is 2.19 bits per heavy atom. The highest BCUT2D eigenvalue weighted by atomic mass is 15.2. The maximum atomic E-state index is 5.98. The van der Waals surface area contributed by atoms with Crippen molar-refractivity contribution in [3.63, 3.8) is 0 Å². The molecule has 1 atom stereocenters. The van der Waals surface area contributed by atoms with Gasteiger partial charge >= 0.3 is 0 Å². The van der Waals surface area contributed by atoms with Gasteiger partial charge in [-0.25, -0.2) is 4.98 Å². The van der Waals surface area contributed by atoms with E-state index in [0.717, 1.165) is 24.0 Å². The molecule has 0 aliphatic heterocycles. The van der Waals surface area contributed by atoms with Crippen molar-refractivity contribution in [2.75, 3.05) is 5.73 Å². The minimum atomic E-state index is 0.625. The van der Waals surface area contributed by atoms with E-state index in [-0.39, 0.29) is 0 Å². The van der Waals surface area contributed by atoms with Crippen LogP contribution in [0.5, 0.6) is 0 Å². The molecule has 0 spiro atoms. The summed E-state index contributed by atoms with van der Waals surface area (Å²) >= 11 is 0. The van der Waals surface area contributed by atoms with Crippen LogP contribution in [0.15, 0.2) is 18.2 Å². The van der Waals surface area contributed by atoms with E-state index in [1.54, 1.807) is 0 Å². The van der Waals surface area contributed by atoms with E-state index in [1.165, 1.54) is 5.56 Å². The quantitative estimate of drug-likeness (QED) is 0.859. The van der Waals surface area contributed by atoms with Gasteiger partial charge in [-0.2, -0.15) is 0 Å². The van der Waals surface area contributed by atoms with Crippen molar-refractivity contribution >= 4 is 17.0 Å². The molecule has 1 unspecified atom stereocenters. The molecule has 1 heterocycles. The van der Waals surface area contributed by atoms with Gasteiger partial charge in [0.2, 0.25) is 5.95 Å². The highest BCUT2D eigenvalue weighted by molar-refractivity contribution is 5.81. The number of fused-ring (bicyclic) bond motifs is 1. The van der Waals surface area contributed by atoms with Gasteiger partial charge in [0.15, 0.2) is 0 Å². The third-order valence-electron chi connectivity index (χ3n) is 3.20. The van der Waals surface area contributed by atoms with E-state index in [9.17, 15) is 0 Å². The first-order valence-electron chi connectivity index (χ1n) is 5.84. The molecule has 2 rings (SSSR count). The van der Waals surface area contributed by atoms with Crippen molar-refractivity contribution in [3.05, 3.63) is 23.8 Å². The van der Waals surface area contributed by atoms with Crippen LogP contribution in [0.1, 0.15) is 25.8 Å². The van der Waals surface area contributed by atoms with Gasteiger partial charge in [0, 0.05) is 6.54 Å². The largest absolute Gasteiger partial charge is 0.369 e. The number of nitrogens with zero attached hydrogens (tertiary/aromatic N) is 2. The van der Waals surface area contributed by atoms with Crippen LogP contribution in [0.25, 0.3) is 11.0 Å². The molecule has 2 N–H and O–H groups in total. The molecule has 0 bridgehead atoms. The molecule has 0 aliphatic rings. The molecule has 0 aliphatic carbocycles. The van der Waals surface area contributed by atoms with Crippen LogP contribution in [0.2, 0.25) is 0 Å². The van der Waals surface area contributed by atoms with Crippen molar-refractivity contribution in [3.8, 4) is 0 Å². The summed E-state index contributed by atoms with van der Waals surface area (Å²) in [5, 5.41) is 0. The molecule has 1 aromatic carbocycles. The summed E-state index contributed by atoms with van der Waals surface area (Å²) in [7, 11) is 0. The number of rotatable bonds is 3. The Morgan fingerprint density at radius 1 is 1.44 bits per heavy atom. The smallest absolute Gasteiger partial charge is 0.201 e. The highest BCUT2D eigenvalue weighted by Crippen LogP contribution is 2.22. The number of anilines is 1. The second-order valence-electron chi connectivity index (χ2n) is 4.54. The third-order valence-corrected chi connectivity index (χ3v) is 3.20. The minimum absolute atomic E-state index is 0.625. The van der Waals surface area contributed by atoms with Crippen molar-refractivity contribution in [1.82, 2.24) is 9.55 Å². The van der Waals surface area contributed by atoms with Crippen LogP contribution in [0, 0.1) is 12.8 Å². The van der Waals surface area contributed by atoms with Crippen molar-refractivity contribution in [2.45, 2.75) is 33.7 Å². The average molecular weight is 217 g/mol. The fraction of sp³-hybridized carbons (Fsp3) is 0.462. The van der Waals surface area contributed by atoms with Crippen molar-refractivity contribution in [2.24, 2.45) is 5.92 Å². The molecule has 3 heteroatoms. The van der Waals surface area contributed by atoms with Crippen LogP contribution >= 0.6 is 0 Å². The molecule has 16 heavy (non-hydrogen) atoms. The summed E-state index contributed by atoms with van der Waals surface area (Å²) in [5.41, 5.74) is 9.35. The number of hydrogen-bond acceptors (Lipinski definition) is 2. The topological polar surface area (TPSA) is 43.8 Å². The molecule has 86 valence electrons. The Hall–Kier alpha value is -1.51. The lowest BCUT2D eigenvalue weighted by Crippen LogP contribution is -2.09. The SMILES string of the molecule is CCC(C)Cn1c(N)nc2c(C)cccc21. The summed E-state index contributed by atoms with van der Waals surface area (Å²) in [6, 6.07) is 6.22. The number of nitrogen functional groups attached to an aromatic ring is 1. The zero-order chi connectivity index (χ0) is 11.7. The Kier molecular flexibility index (Phi) is 2.86. The van der Waals surface area contributed by atoms with Crippen LogP contribution in [0.4, 0.5) is 5.95 Å². The number of para-hydroxylation sites is 1. The number of benzene rings is 1. The van der Waals surface area contributed by atoms with Crippen LogP contribution in [-0.4, -0.2) is 9.55 Å². The van der Waals surface area contributed by atoms with E-state index in [0.29, 0.717) is 11.9 Å². The average Bonchev–Trinajstić information content (AvgIpc) is 2.58. The Morgan fingerprint density at radius 3 is 2.88 bits per heavy atom. The van der Waals surface area contributed by atoms with E-state index >= 15 is 0 Å². The summed E-state index contributed by atoms with van der Waals surface area (Å²) in [6.45, 7) is 7.46. The maximum Gasteiger partial charge on any atom is 0.201 e. The monoisotopic (exact) mass is 217 g/mol. The summed E-state index contributed by atoms with van der Waals surface area (Å²) in [5.74, 6) is 1.25. The zero-order valence-corrected chi connectivity index (χ0v) is 10.2.